The molecule has 9 heteroatoms. The molecule has 0 atom stereocenters. The zero-order valence-electron chi connectivity index (χ0n) is 15.9. The molecule has 2 aromatic heterocycles. The van der Waals surface area contributed by atoms with Gasteiger partial charge >= 0.3 is 0 Å². The van der Waals surface area contributed by atoms with Crippen molar-refractivity contribution in [3.63, 3.8) is 0 Å². The third-order valence-electron chi connectivity index (χ3n) is 4.50. The number of carbonyl (C=O) groups is 1. The fourth-order valence-electron chi connectivity index (χ4n) is 3.05. The molecule has 4 rings (SSSR count). The second kappa shape index (κ2) is 7.51. The molecule has 0 N–H and O–H groups in total. The summed E-state index contributed by atoms with van der Waals surface area (Å²) in [6, 6.07) is 11.4. The number of para-hydroxylation sites is 1. The van der Waals surface area contributed by atoms with Gasteiger partial charge in [0.05, 0.1) is 20.5 Å². The summed E-state index contributed by atoms with van der Waals surface area (Å²) in [6.45, 7) is 4.08. The molecular formula is C21H16N2O5S2. The van der Waals surface area contributed by atoms with E-state index in [1.54, 1.807) is 47.0 Å². The molecule has 0 spiro atoms. The molecular weight excluding hydrogens is 424 g/mol. The van der Waals surface area contributed by atoms with Crippen LogP contribution in [0.15, 0.2) is 80.5 Å². The number of carbonyl (C=O) groups excluding carboxylic acids is 1. The number of hydrogen-bond acceptors (Lipinski definition) is 6. The lowest BCUT2D eigenvalue weighted by Gasteiger charge is -2.02. The number of aromatic nitrogens is 1. The zero-order valence-corrected chi connectivity index (χ0v) is 17.5. The highest BCUT2D eigenvalue weighted by molar-refractivity contribution is 7.90. The summed E-state index contributed by atoms with van der Waals surface area (Å²) in [4.78, 5) is 30.1. The number of sulfone groups is 1. The third kappa shape index (κ3) is 3.53. The highest BCUT2D eigenvalue weighted by Gasteiger charge is 2.16. The molecule has 0 saturated heterocycles. The Morgan fingerprint density at radius 1 is 1.27 bits per heavy atom. The Kier molecular flexibility index (Phi) is 5.00. The van der Waals surface area contributed by atoms with Crippen LogP contribution in [0, 0.1) is 0 Å². The fraction of sp³-hybridized carbons (Fsp3) is 0.0952. The summed E-state index contributed by atoms with van der Waals surface area (Å²) in [6.07, 6.45) is 3.89. The average Bonchev–Trinajstić information content (AvgIpc) is 3.04. The van der Waals surface area contributed by atoms with E-state index < -0.39 is 21.2 Å². The molecule has 0 unspecified atom stereocenters. The van der Waals surface area contributed by atoms with E-state index in [-0.39, 0.29) is 10.5 Å². The Labute approximate surface area is 175 Å². The van der Waals surface area contributed by atoms with Crippen molar-refractivity contribution in [1.29, 1.82) is 0 Å². The quantitative estimate of drug-likeness (QED) is 0.454. The Morgan fingerprint density at radius 2 is 2.03 bits per heavy atom. The van der Waals surface area contributed by atoms with Crippen LogP contribution in [0.1, 0.15) is 10.4 Å². The second-order valence-corrected chi connectivity index (χ2v) is 9.60. The van der Waals surface area contributed by atoms with Gasteiger partial charge in [-0.15, -0.1) is 6.58 Å². The lowest BCUT2D eigenvalue weighted by molar-refractivity contribution is 0.0995. The normalized spacial score (nSPS) is 12.5. The fourth-order valence-corrected chi connectivity index (χ4v) is 4.85. The van der Waals surface area contributed by atoms with Gasteiger partial charge < -0.3 is 8.98 Å². The Morgan fingerprint density at radius 3 is 2.77 bits per heavy atom. The number of nitrogens with zero attached hydrogens (tertiary/aromatic N) is 2. The van der Waals surface area contributed by atoms with Gasteiger partial charge in [-0.2, -0.15) is 4.99 Å². The van der Waals surface area contributed by atoms with Crippen LogP contribution in [-0.2, 0) is 16.4 Å². The second-order valence-electron chi connectivity index (χ2n) is 6.58. The van der Waals surface area contributed by atoms with Gasteiger partial charge in [-0.05, 0) is 30.3 Å². The van der Waals surface area contributed by atoms with Crippen LogP contribution < -0.4 is 10.2 Å². The number of hydrogen-bond donors (Lipinski definition) is 0. The number of fused-ring (bicyclic) bond motifs is 2. The van der Waals surface area contributed by atoms with Crippen molar-refractivity contribution >= 4 is 48.3 Å². The van der Waals surface area contributed by atoms with E-state index in [4.69, 9.17) is 4.42 Å². The maximum absolute atomic E-state index is 12.8. The smallest absolute Gasteiger partial charge is 0.286 e. The van der Waals surface area contributed by atoms with E-state index >= 15 is 0 Å². The first-order chi connectivity index (χ1) is 14.3. The van der Waals surface area contributed by atoms with Gasteiger partial charge in [-0.25, -0.2) is 8.42 Å². The zero-order chi connectivity index (χ0) is 21.5. The van der Waals surface area contributed by atoms with E-state index in [1.165, 1.54) is 6.07 Å². The van der Waals surface area contributed by atoms with E-state index in [0.717, 1.165) is 23.9 Å². The van der Waals surface area contributed by atoms with Crippen molar-refractivity contribution in [2.24, 2.45) is 4.99 Å². The van der Waals surface area contributed by atoms with Gasteiger partial charge in [0.15, 0.2) is 14.6 Å². The lowest BCUT2D eigenvalue weighted by atomic mass is 10.2. The first kappa shape index (κ1) is 20.0. The standard InChI is InChI=1S/C21H16N2O5S2/c1-3-10-23-16-9-8-13(30(2,26)27)11-18(16)29-21(23)22-20(25)15-12-28-17-7-5-4-6-14(17)19(15)24/h3-9,11-12H,1,10H2,2H3. The van der Waals surface area contributed by atoms with E-state index in [2.05, 4.69) is 11.6 Å². The third-order valence-corrected chi connectivity index (χ3v) is 6.65. The molecule has 0 aliphatic rings. The summed E-state index contributed by atoms with van der Waals surface area (Å²) in [5, 5.41) is 0.298. The van der Waals surface area contributed by atoms with Crippen molar-refractivity contribution in [3.8, 4) is 0 Å². The number of rotatable bonds is 4. The molecule has 152 valence electrons. The summed E-state index contributed by atoms with van der Waals surface area (Å²) in [5.41, 5.74) is 0.467. The van der Waals surface area contributed by atoms with Crippen LogP contribution in [-0.4, -0.2) is 25.1 Å². The average molecular weight is 441 g/mol. The van der Waals surface area contributed by atoms with Crippen molar-refractivity contribution in [2.45, 2.75) is 11.4 Å². The van der Waals surface area contributed by atoms with E-state index in [1.807, 2.05) is 0 Å². The summed E-state index contributed by atoms with van der Waals surface area (Å²) in [7, 11) is -3.38. The highest BCUT2D eigenvalue weighted by Crippen LogP contribution is 2.22. The van der Waals surface area contributed by atoms with Gasteiger partial charge in [0, 0.05) is 12.8 Å². The molecule has 1 amide bonds. The van der Waals surface area contributed by atoms with E-state index in [0.29, 0.717) is 32.5 Å². The molecule has 0 aliphatic carbocycles. The monoisotopic (exact) mass is 440 g/mol. The van der Waals surface area contributed by atoms with Gasteiger partial charge in [0.1, 0.15) is 17.4 Å². The SMILES string of the molecule is C=CCn1c(=NC(=O)c2coc3ccccc3c2=O)sc2cc(S(C)(=O)=O)ccc21. The van der Waals surface area contributed by atoms with Crippen molar-refractivity contribution < 1.29 is 17.6 Å². The maximum atomic E-state index is 12.8. The van der Waals surface area contributed by atoms with Gasteiger partial charge in [0.25, 0.3) is 5.91 Å². The molecule has 30 heavy (non-hydrogen) atoms. The molecule has 0 fully saturated rings. The number of amides is 1. The predicted octanol–water partition coefficient (Wildman–Crippen LogP) is 3.14. The van der Waals surface area contributed by atoms with Crippen LogP contribution in [0.4, 0.5) is 0 Å². The number of allylic oxidation sites excluding steroid dienone is 1. The van der Waals surface area contributed by atoms with E-state index in [9.17, 15) is 18.0 Å². The minimum atomic E-state index is -3.38. The van der Waals surface area contributed by atoms with Crippen LogP contribution in [0.25, 0.3) is 21.2 Å². The number of benzene rings is 2. The summed E-state index contributed by atoms with van der Waals surface area (Å²) >= 11 is 1.16. The minimum Gasteiger partial charge on any atom is -0.463 e. The van der Waals surface area contributed by atoms with Crippen LogP contribution >= 0.6 is 11.3 Å². The molecule has 2 heterocycles. The first-order valence-corrected chi connectivity index (χ1v) is 11.5. The molecule has 2 aromatic carbocycles. The molecule has 0 saturated carbocycles. The molecule has 0 bridgehead atoms. The Hall–Kier alpha value is -3.30. The maximum Gasteiger partial charge on any atom is 0.286 e. The topological polar surface area (TPSA) is 98.7 Å². The summed E-state index contributed by atoms with van der Waals surface area (Å²) < 4.78 is 31.5. The lowest BCUT2D eigenvalue weighted by Crippen LogP contribution is -2.19. The van der Waals surface area contributed by atoms with Gasteiger partial charge in [-0.3, -0.25) is 9.59 Å². The minimum absolute atomic E-state index is 0.173. The van der Waals surface area contributed by atoms with Crippen molar-refractivity contribution in [2.75, 3.05) is 6.26 Å². The molecule has 0 aliphatic heterocycles. The van der Waals surface area contributed by atoms with Crippen molar-refractivity contribution in [1.82, 2.24) is 4.57 Å². The molecule has 7 nitrogen and oxygen atoms in total. The summed E-state index contributed by atoms with van der Waals surface area (Å²) in [5.74, 6) is -0.734. The number of thiazole rings is 1. The van der Waals surface area contributed by atoms with Crippen LogP contribution in [0.2, 0.25) is 0 Å². The van der Waals surface area contributed by atoms with Crippen LogP contribution in [0.5, 0.6) is 0 Å². The Balaban J connectivity index is 1.90. The van der Waals surface area contributed by atoms with Crippen molar-refractivity contribution in [3.05, 3.63) is 82.0 Å². The first-order valence-electron chi connectivity index (χ1n) is 8.83. The van der Waals surface area contributed by atoms with Gasteiger partial charge in [0.2, 0.25) is 5.43 Å². The Bertz CT molecular complexity index is 1560. The van der Waals surface area contributed by atoms with Gasteiger partial charge in [-0.1, -0.05) is 29.5 Å². The highest BCUT2D eigenvalue weighted by atomic mass is 32.2. The molecule has 4 aromatic rings. The van der Waals surface area contributed by atoms with Crippen LogP contribution in [0.3, 0.4) is 0 Å². The molecule has 0 radical (unpaired) electrons. The largest absolute Gasteiger partial charge is 0.463 e. The predicted molar refractivity (Wildman–Crippen MR) is 115 cm³/mol.